The van der Waals surface area contributed by atoms with Crippen LogP contribution in [-0.2, 0) is 6.42 Å². The van der Waals surface area contributed by atoms with E-state index in [0.29, 0.717) is 17.4 Å². The number of nitrogens with zero attached hydrogens (tertiary/aromatic N) is 2. The molecule has 1 fully saturated rings. The number of aliphatic imine (C=N–C) groups is 1. The van der Waals surface area contributed by atoms with Gasteiger partial charge in [0.05, 0.1) is 17.7 Å². The lowest BCUT2D eigenvalue weighted by molar-refractivity contribution is 0.0946. The zero-order valence-electron chi connectivity index (χ0n) is 10.9. The van der Waals surface area contributed by atoms with Crippen LogP contribution in [0.1, 0.15) is 34.6 Å². The highest BCUT2D eigenvalue weighted by Gasteiger charge is 2.28. The van der Waals surface area contributed by atoms with Crippen molar-refractivity contribution in [3.63, 3.8) is 0 Å². The van der Waals surface area contributed by atoms with Crippen molar-refractivity contribution in [2.45, 2.75) is 25.3 Å². The van der Waals surface area contributed by atoms with Gasteiger partial charge in [0.1, 0.15) is 11.4 Å². The van der Waals surface area contributed by atoms with Crippen LogP contribution in [0.3, 0.4) is 0 Å². The average Bonchev–Trinajstić information content (AvgIpc) is 3.00. The van der Waals surface area contributed by atoms with Crippen molar-refractivity contribution in [1.29, 1.82) is 0 Å². The number of carbonyl (C=O) groups is 1. The smallest absolute Gasteiger partial charge is 0.270 e. The lowest BCUT2D eigenvalue weighted by atomic mass is 10.1. The molecule has 100 valence electrons. The Bertz CT molecular complexity index is 712. The number of para-hydroxylation sites is 1. The monoisotopic (exact) mass is 266 g/mol. The predicted molar refractivity (Wildman–Crippen MR) is 75.4 cm³/mol. The number of hydrogen-bond donors (Lipinski definition) is 2. The molecule has 1 amide bonds. The van der Waals surface area contributed by atoms with E-state index in [1.165, 1.54) is 5.56 Å². The molecule has 0 saturated heterocycles. The van der Waals surface area contributed by atoms with Gasteiger partial charge in [-0.1, -0.05) is 18.2 Å². The van der Waals surface area contributed by atoms with Crippen molar-refractivity contribution >= 4 is 17.3 Å². The highest BCUT2D eigenvalue weighted by atomic mass is 16.2. The standard InChI is InChI=1S/C15H14N4O/c20-15(18-10-5-6-10)14-13(16-8-17-14)12-7-9-3-1-2-4-11(9)19-12/h1-4,8,10H,5-7H2,(H,16,17)(H,18,20). The number of nitrogens with one attached hydrogen (secondary N) is 2. The average molecular weight is 266 g/mol. The van der Waals surface area contributed by atoms with Gasteiger partial charge in [-0.3, -0.25) is 9.79 Å². The van der Waals surface area contributed by atoms with Gasteiger partial charge in [-0.05, 0) is 24.5 Å². The number of fused-ring (bicyclic) bond motifs is 1. The third-order valence-electron chi connectivity index (χ3n) is 3.66. The van der Waals surface area contributed by atoms with Crippen molar-refractivity contribution in [3.05, 3.63) is 47.5 Å². The third kappa shape index (κ3) is 1.91. The lowest BCUT2D eigenvalue weighted by Crippen LogP contribution is -2.27. The summed E-state index contributed by atoms with van der Waals surface area (Å²) in [4.78, 5) is 24.0. The minimum atomic E-state index is -0.0846. The molecule has 0 unspecified atom stereocenters. The second-order valence-corrected chi connectivity index (χ2v) is 5.24. The van der Waals surface area contributed by atoms with Gasteiger partial charge in [-0.2, -0.15) is 0 Å². The quantitative estimate of drug-likeness (QED) is 0.891. The number of hydrogen-bond acceptors (Lipinski definition) is 3. The van der Waals surface area contributed by atoms with Gasteiger partial charge >= 0.3 is 0 Å². The van der Waals surface area contributed by atoms with Crippen LogP contribution in [0.4, 0.5) is 5.69 Å². The number of benzene rings is 1. The van der Waals surface area contributed by atoms with Crippen LogP contribution in [0.15, 0.2) is 35.6 Å². The molecule has 0 bridgehead atoms. The fraction of sp³-hybridized carbons (Fsp3) is 0.267. The molecule has 4 rings (SSSR count). The maximum atomic E-state index is 12.2. The number of aromatic amines is 1. The van der Waals surface area contributed by atoms with Crippen LogP contribution in [0.2, 0.25) is 0 Å². The van der Waals surface area contributed by atoms with Gasteiger partial charge in [-0.15, -0.1) is 0 Å². The summed E-state index contributed by atoms with van der Waals surface area (Å²) in [5, 5.41) is 2.98. The first kappa shape index (κ1) is 11.4. The molecule has 2 N–H and O–H groups in total. The van der Waals surface area contributed by atoms with E-state index < -0.39 is 0 Å². The zero-order valence-corrected chi connectivity index (χ0v) is 10.9. The summed E-state index contributed by atoms with van der Waals surface area (Å²) in [6.45, 7) is 0. The van der Waals surface area contributed by atoms with Crippen molar-refractivity contribution < 1.29 is 4.79 Å². The fourth-order valence-electron chi connectivity index (χ4n) is 2.44. The van der Waals surface area contributed by atoms with Gasteiger partial charge in [0.2, 0.25) is 0 Å². The number of H-pyrrole nitrogens is 1. The summed E-state index contributed by atoms with van der Waals surface area (Å²) in [6, 6.07) is 8.35. The van der Waals surface area contributed by atoms with E-state index in [1.54, 1.807) is 6.33 Å². The fourth-order valence-corrected chi connectivity index (χ4v) is 2.44. The molecule has 0 radical (unpaired) electrons. The minimum absolute atomic E-state index is 0.0846. The molecule has 2 aliphatic rings. The highest BCUT2D eigenvalue weighted by Crippen LogP contribution is 2.28. The summed E-state index contributed by atoms with van der Waals surface area (Å²) in [5.41, 5.74) is 4.19. The molecular weight excluding hydrogens is 252 g/mol. The number of imidazole rings is 1. The molecular formula is C15H14N4O. The van der Waals surface area contributed by atoms with E-state index >= 15 is 0 Å². The molecule has 1 aliphatic heterocycles. The van der Waals surface area contributed by atoms with Crippen LogP contribution in [-0.4, -0.2) is 27.6 Å². The Morgan fingerprint density at radius 2 is 2.15 bits per heavy atom. The SMILES string of the molecule is O=C(NC1CC1)c1[nH]cnc1C1=Nc2ccccc2C1. The number of rotatable bonds is 3. The Morgan fingerprint density at radius 3 is 2.95 bits per heavy atom. The summed E-state index contributed by atoms with van der Waals surface area (Å²) < 4.78 is 0. The lowest BCUT2D eigenvalue weighted by Gasteiger charge is -2.03. The van der Waals surface area contributed by atoms with Crippen LogP contribution in [0.5, 0.6) is 0 Å². The molecule has 5 nitrogen and oxygen atoms in total. The van der Waals surface area contributed by atoms with Gasteiger partial charge in [0, 0.05) is 12.5 Å². The summed E-state index contributed by atoms with van der Waals surface area (Å²) in [7, 11) is 0. The Morgan fingerprint density at radius 1 is 1.30 bits per heavy atom. The normalized spacial score (nSPS) is 16.7. The van der Waals surface area contributed by atoms with Crippen molar-refractivity contribution in [3.8, 4) is 0 Å². The van der Waals surface area contributed by atoms with E-state index in [1.807, 2.05) is 18.2 Å². The molecule has 20 heavy (non-hydrogen) atoms. The number of carbonyl (C=O) groups excluding carboxylic acids is 1. The molecule has 1 aromatic carbocycles. The molecule has 2 heterocycles. The largest absolute Gasteiger partial charge is 0.348 e. The first-order valence-corrected chi connectivity index (χ1v) is 6.81. The van der Waals surface area contributed by atoms with E-state index in [9.17, 15) is 4.79 Å². The van der Waals surface area contributed by atoms with E-state index in [4.69, 9.17) is 0 Å². The van der Waals surface area contributed by atoms with Crippen LogP contribution >= 0.6 is 0 Å². The van der Waals surface area contributed by atoms with Crippen molar-refractivity contribution in [1.82, 2.24) is 15.3 Å². The molecule has 2 aromatic rings. The summed E-state index contributed by atoms with van der Waals surface area (Å²) in [5.74, 6) is -0.0846. The second kappa shape index (κ2) is 4.30. The predicted octanol–water partition coefficient (Wildman–Crippen LogP) is 1.98. The van der Waals surface area contributed by atoms with Gasteiger partial charge in [0.25, 0.3) is 5.91 Å². The first-order chi connectivity index (χ1) is 9.81. The maximum Gasteiger partial charge on any atom is 0.270 e. The van der Waals surface area contributed by atoms with Crippen LogP contribution in [0, 0.1) is 0 Å². The molecule has 5 heteroatoms. The first-order valence-electron chi connectivity index (χ1n) is 6.81. The van der Waals surface area contributed by atoms with Gasteiger partial charge in [0.15, 0.2) is 0 Å². The van der Waals surface area contributed by atoms with Crippen LogP contribution in [0.25, 0.3) is 0 Å². The van der Waals surface area contributed by atoms with Gasteiger partial charge in [-0.25, -0.2) is 4.98 Å². The minimum Gasteiger partial charge on any atom is -0.348 e. The Labute approximate surface area is 116 Å². The Hall–Kier alpha value is -2.43. The molecule has 1 aliphatic carbocycles. The van der Waals surface area contributed by atoms with Crippen molar-refractivity contribution in [2.24, 2.45) is 4.99 Å². The third-order valence-corrected chi connectivity index (χ3v) is 3.66. The maximum absolute atomic E-state index is 12.2. The molecule has 0 spiro atoms. The van der Waals surface area contributed by atoms with Crippen molar-refractivity contribution in [2.75, 3.05) is 0 Å². The highest BCUT2D eigenvalue weighted by molar-refractivity contribution is 6.11. The van der Waals surface area contributed by atoms with E-state index in [2.05, 4.69) is 26.3 Å². The topological polar surface area (TPSA) is 70.1 Å². The Balaban J connectivity index is 1.64. The zero-order chi connectivity index (χ0) is 13.5. The second-order valence-electron chi connectivity index (χ2n) is 5.24. The Kier molecular flexibility index (Phi) is 2.45. The number of aromatic nitrogens is 2. The molecule has 0 atom stereocenters. The van der Waals surface area contributed by atoms with Gasteiger partial charge < -0.3 is 10.3 Å². The summed E-state index contributed by atoms with van der Waals surface area (Å²) in [6.07, 6.45) is 4.43. The number of amides is 1. The van der Waals surface area contributed by atoms with Crippen LogP contribution < -0.4 is 5.32 Å². The molecule has 1 saturated carbocycles. The summed E-state index contributed by atoms with van der Waals surface area (Å²) >= 11 is 0. The van der Waals surface area contributed by atoms with E-state index in [-0.39, 0.29) is 5.91 Å². The molecule has 1 aromatic heterocycles. The van der Waals surface area contributed by atoms with E-state index in [0.717, 1.165) is 30.7 Å².